The molecule has 0 bridgehead atoms. The highest BCUT2D eigenvalue weighted by Gasteiger charge is 2.44. The molecule has 6 heteroatoms. The Morgan fingerprint density at radius 1 is 1.12 bits per heavy atom. The van der Waals surface area contributed by atoms with Crippen LogP contribution in [0.2, 0.25) is 0 Å². The second-order valence-electron chi connectivity index (χ2n) is 7.86. The van der Waals surface area contributed by atoms with Gasteiger partial charge in [-0.1, -0.05) is 50.3 Å². The number of amidine groups is 1. The molecule has 2 fully saturated rings. The lowest BCUT2D eigenvalue weighted by atomic mass is 10.1. The molecule has 0 aromatic carbocycles. The Hall–Kier alpha value is -1.04. The van der Waals surface area contributed by atoms with Crippen LogP contribution in [0, 0.1) is 0 Å². The van der Waals surface area contributed by atoms with Gasteiger partial charge in [0.2, 0.25) is 5.91 Å². The van der Waals surface area contributed by atoms with Crippen molar-refractivity contribution in [3.05, 3.63) is 0 Å². The van der Waals surface area contributed by atoms with E-state index in [0.29, 0.717) is 6.04 Å². The lowest BCUT2D eigenvalue weighted by molar-refractivity contribution is -0.134. The summed E-state index contributed by atoms with van der Waals surface area (Å²) >= 11 is 1.46. The minimum atomic E-state index is -0.740. The number of likely N-dealkylation sites (tertiary alicyclic amines) is 1. The summed E-state index contributed by atoms with van der Waals surface area (Å²) in [6.45, 7) is 3.55. The molecular formula is C19H31N3O2S. The summed E-state index contributed by atoms with van der Waals surface area (Å²) in [6, 6.07) is 0.421. The maximum absolute atomic E-state index is 12.7. The van der Waals surface area contributed by atoms with Crippen LogP contribution in [-0.2, 0) is 9.59 Å². The molecule has 0 aromatic rings. The smallest absolute Gasteiger partial charge is 0.265 e. The third kappa shape index (κ3) is 4.99. The van der Waals surface area contributed by atoms with Gasteiger partial charge in [-0.3, -0.25) is 9.59 Å². The van der Waals surface area contributed by atoms with Crippen LogP contribution >= 0.6 is 11.8 Å². The fourth-order valence-corrected chi connectivity index (χ4v) is 5.09. The van der Waals surface area contributed by atoms with Crippen LogP contribution in [-0.4, -0.2) is 45.8 Å². The molecule has 0 spiro atoms. The van der Waals surface area contributed by atoms with Crippen molar-refractivity contribution in [3.63, 3.8) is 0 Å². The van der Waals surface area contributed by atoms with Gasteiger partial charge >= 0.3 is 0 Å². The van der Waals surface area contributed by atoms with E-state index in [0.717, 1.165) is 43.9 Å². The Kier molecular flexibility index (Phi) is 6.42. The minimum absolute atomic E-state index is 0.108. The second-order valence-corrected chi connectivity index (χ2v) is 9.35. The van der Waals surface area contributed by atoms with E-state index < -0.39 is 4.75 Å². The van der Waals surface area contributed by atoms with Crippen molar-refractivity contribution in [1.82, 2.24) is 10.2 Å². The van der Waals surface area contributed by atoms with Gasteiger partial charge < -0.3 is 10.2 Å². The van der Waals surface area contributed by atoms with Crippen molar-refractivity contribution in [1.29, 1.82) is 0 Å². The first-order valence-corrected chi connectivity index (χ1v) is 10.7. The molecule has 3 rings (SSSR count). The summed E-state index contributed by atoms with van der Waals surface area (Å²) in [4.78, 5) is 31.4. The zero-order valence-corrected chi connectivity index (χ0v) is 16.2. The van der Waals surface area contributed by atoms with Crippen LogP contribution < -0.4 is 5.32 Å². The highest BCUT2D eigenvalue weighted by molar-refractivity contribution is 8.16. The van der Waals surface area contributed by atoms with Crippen molar-refractivity contribution in [2.75, 3.05) is 13.1 Å². The molecule has 3 aliphatic rings. The summed E-state index contributed by atoms with van der Waals surface area (Å²) < 4.78 is -0.740. The van der Waals surface area contributed by atoms with Crippen molar-refractivity contribution in [2.45, 2.75) is 88.3 Å². The highest BCUT2D eigenvalue weighted by atomic mass is 32.2. The monoisotopic (exact) mass is 365 g/mol. The minimum Gasteiger partial charge on any atom is -0.362 e. The van der Waals surface area contributed by atoms with Crippen LogP contribution in [0.25, 0.3) is 0 Å². The average molecular weight is 366 g/mol. The van der Waals surface area contributed by atoms with Crippen molar-refractivity contribution in [2.24, 2.45) is 4.99 Å². The molecule has 2 aliphatic heterocycles. The van der Waals surface area contributed by atoms with Crippen LogP contribution in [0.5, 0.6) is 0 Å². The molecule has 1 unspecified atom stereocenters. The van der Waals surface area contributed by atoms with E-state index in [2.05, 4.69) is 10.3 Å². The normalized spacial score (nSPS) is 29.1. The Labute approximate surface area is 155 Å². The highest BCUT2D eigenvalue weighted by Crippen LogP contribution is 2.37. The van der Waals surface area contributed by atoms with Crippen LogP contribution in [0.4, 0.5) is 0 Å². The molecule has 1 saturated heterocycles. The number of hydrogen-bond acceptors (Lipinski definition) is 4. The number of thioether (sulfide) groups is 1. The first kappa shape index (κ1) is 18.7. The van der Waals surface area contributed by atoms with E-state index in [9.17, 15) is 9.59 Å². The van der Waals surface area contributed by atoms with Gasteiger partial charge in [0, 0.05) is 19.1 Å². The molecule has 1 saturated carbocycles. The van der Waals surface area contributed by atoms with E-state index in [-0.39, 0.29) is 18.2 Å². The Morgan fingerprint density at radius 3 is 2.36 bits per heavy atom. The molecular weight excluding hydrogens is 334 g/mol. The zero-order chi connectivity index (χ0) is 17.7. The molecule has 25 heavy (non-hydrogen) atoms. The van der Waals surface area contributed by atoms with Gasteiger partial charge in [0.15, 0.2) is 5.17 Å². The van der Waals surface area contributed by atoms with E-state index in [1.165, 1.54) is 50.3 Å². The predicted molar refractivity (Wildman–Crippen MR) is 103 cm³/mol. The van der Waals surface area contributed by atoms with Gasteiger partial charge in [-0.25, -0.2) is 0 Å². The summed E-state index contributed by atoms with van der Waals surface area (Å²) in [5.41, 5.74) is 0. The first-order valence-electron chi connectivity index (χ1n) is 9.93. The lowest BCUT2D eigenvalue weighted by Gasteiger charge is -2.26. The van der Waals surface area contributed by atoms with Crippen molar-refractivity contribution in [3.8, 4) is 0 Å². The Morgan fingerprint density at radius 2 is 1.72 bits per heavy atom. The molecule has 0 aromatic heterocycles. The maximum Gasteiger partial charge on any atom is 0.265 e. The fraction of sp³-hybridized carbons (Fsp3) is 0.842. The second kappa shape index (κ2) is 8.56. The van der Waals surface area contributed by atoms with E-state index in [1.807, 2.05) is 11.8 Å². The standard InChI is InChI=1S/C19H31N3O2S/c1-19(14-16(23)22-12-8-4-5-9-13-22)17(24)21-18(25-19)20-15-10-6-2-3-7-11-15/h15H,2-14H2,1H3,(H,20,21,24). The van der Waals surface area contributed by atoms with Gasteiger partial charge in [0.1, 0.15) is 4.75 Å². The van der Waals surface area contributed by atoms with E-state index in [1.54, 1.807) is 0 Å². The van der Waals surface area contributed by atoms with Gasteiger partial charge in [-0.15, -0.1) is 0 Å². The number of carbonyl (C=O) groups is 2. The number of amides is 2. The Bertz CT molecular complexity index is 521. The molecule has 1 atom stereocenters. The predicted octanol–water partition coefficient (Wildman–Crippen LogP) is 3.48. The van der Waals surface area contributed by atoms with E-state index >= 15 is 0 Å². The van der Waals surface area contributed by atoms with Gasteiger partial charge in [0.05, 0.1) is 6.42 Å². The number of carbonyl (C=O) groups excluding carboxylic acids is 2. The quantitative estimate of drug-likeness (QED) is 0.778. The summed E-state index contributed by atoms with van der Waals surface area (Å²) in [6.07, 6.45) is 12.2. The topological polar surface area (TPSA) is 61.8 Å². The maximum atomic E-state index is 12.7. The van der Waals surface area contributed by atoms with Crippen molar-refractivity contribution < 1.29 is 9.59 Å². The van der Waals surface area contributed by atoms with Crippen LogP contribution in [0.15, 0.2) is 4.99 Å². The van der Waals surface area contributed by atoms with Crippen LogP contribution in [0.3, 0.4) is 0 Å². The number of nitrogens with zero attached hydrogens (tertiary/aromatic N) is 2. The third-order valence-corrected chi connectivity index (χ3v) is 6.78. The summed E-state index contributed by atoms with van der Waals surface area (Å²) in [7, 11) is 0. The largest absolute Gasteiger partial charge is 0.362 e. The summed E-state index contributed by atoms with van der Waals surface area (Å²) in [5, 5.41) is 4.20. The molecule has 5 nitrogen and oxygen atoms in total. The SMILES string of the molecule is CC1(CC(=O)N2CCCCCC2)SC(NC2CCCCCC2)=NC1=O. The van der Waals surface area contributed by atoms with Crippen LogP contribution in [0.1, 0.15) is 77.6 Å². The van der Waals surface area contributed by atoms with Gasteiger partial charge in [-0.05, 0) is 32.6 Å². The number of nitrogens with one attached hydrogen (secondary N) is 1. The van der Waals surface area contributed by atoms with Gasteiger partial charge in [0.25, 0.3) is 5.91 Å². The number of hydrogen-bond donors (Lipinski definition) is 1. The molecule has 1 aliphatic carbocycles. The third-order valence-electron chi connectivity index (χ3n) is 5.61. The number of rotatable bonds is 3. The molecule has 140 valence electrons. The van der Waals surface area contributed by atoms with E-state index in [4.69, 9.17) is 0 Å². The fourth-order valence-electron chi connectivity index (χ4n) is 3.98. The Balaban J connectivity index is 1.55. The molecule has 2 amide bonds. The molecule has 1 N–H and O–H groups in total. The summed E-state index contributed by atoms with van der Waals surface area (Å²) in [5.74, 6) is -0.0482. The zero-order valence-electron chi connectivity index (χ0n) is 15.4. The number of aliphatic imine (C=N–C) groups is 1. The van der Waals surface area contributed by atoms with Crippen molar-refractivity contribution >= 4 is 28.7 Å². The molecule has 2 heterocycles. The molecule has 0 radical (unpaired) electrons. The van der Waals surface area contributed by atoms with Gasteiger partial charge in [-0.2, -0.15) is 4.99 Å². The average Bonchev–Trinajstić information content (AvgIpc) is 2.86. The lowest BCUT2D eigenvalue weighted by Crippen LogP contribution is -2.39. The first-order chi connectivity index (χ1) is 12.1.